The highest BCUT2D eigenvalue weighted by molar-refractivity contribution is 5.64. The van der Waals surface area contributed by atoms with E-state index in [1.54, 1.807) is 7.11 Å². The number of carbonyl (C=O) groups is 1. The Balaban J connectivity index is 2.00. The van der Waals surface area contributed by atoms with Gasteiger partial charge in [-0.05, 0) is 48.4 Å². The van der Waals surface area contributed by atoms with Crippen LogP contribution in [-0.4, -0.2) is 20.0 Å². The third kappa shape index (κ3) is 3.09. The molecule has 24 heavy (non-hydrogen) atoms. The number of rotatable bonds is 6. The average Bonchev–Trinajstić information content (AvgIpc) is 2.60. The molecule has 3 heteroatoms. The van der Waals surface area contributed by atoms with Crippen molar-refractivity contribution in [3.8, 4) is 11.5 Å². The van der Waals surface area contributed by atoms with E-state index in [4.69, 9.17) is 9.47 Å². The number of ether oxygens (including phenoxy) is 2. The standard InChI is InChI=1S/C21H28O3/c1-4-5-6-7-15-10-18(23-3)21-19(11-15)24-13-16-9-8-14(2)17(12-22)20(16)21/h9-12,14,17,20H,4-8,13H2,1-3H3/t14-,17+,20?/m1/s1. The maximum Gasteiger partial charge on any atom is 0.127 e. The van der Waals surface area contributed by atoms with E-state index in [-0.39, 0.29) is 11.8 Å². The van der Waals surface area contributed by atoms with Crippen molar-refractivity contribution in [1.82, 2.24) is 0 Å². The van der Waals surface area contributed by atoms with Gasteiger partial charge in [0.2, 0.25) is 0 Å². The van der Waals surface area contributed by atoms with Gasteiger partial charge in [0, 0.05) is 17.4 Å². The lowest BCUT2D eigenvalue weighted by atomic mass is 9.69. The Morgan fingerprint density at radius 2 is 2.17 bits per heavy atom. The summed E-state index contributed by atoms with van der Waals surface area (Å²) in [5.41, 5.74) is 3.56. The Morgan fingerprint density at radius 3 is 2.88 bits per heavy atom. The number of aldehydes is 1. The topological polar surface area (TPSA) is 35.5 Å². The third-order valence-electron chi connectivity index (χ3n) is 5.51. The lowest BCUT2D eigenvalue weighted by Gasteiger charge is -2.38. The molecule has 0 amide bonds. The molecule has 2 aliphatic rings. The smallest absolute Gasteiger partial charge is 0.127 e. The molecule has 0 saturated heterocycles. The van der Waals surface area contributed by atoms with Crippen LogP contribution in [0.3, 0.4) is 0 Å². The molecule has 1 aromatic carbocycles. The van der Waals surface area contributed by atoms with Gasteiger partial charge < -0.3 is 14.3 Å². The number of fused-ring (bicyclic) bond motifs is 3. The molecule has 3 rings (SSSR count). The average molecular weight is 328 g/mol. The lowest BCUT2D eigenvalue weighted by Crippen LogP contribution is -2.32. The first-order valence-corrected chi connectivity index (χ1v) is 9.17. The second-order valence-corrected chi connectivity index (χ2v) is 7.14. The molecular formula is C21H28O3. The van der Waals surface area contributed by atoms with Crippen LogP contribution in [0.4, 0.5) is 0 Å². The Bertz CT molecular complexity index is 615. The predicted molar refractivity (Wildman–Crippen MR) is 95.9 cm³/mol. The Labute approximate surface area is 145 Å². The summed E-state index contributed by atoms with van der Waals surface area (Å²) in [5.74, 6) is 2.25. The molecule has 1 aromatic rings. The molecule has 0 N–H and O–H groups in total. The van der Waals surface area contributed by atoms with Crippen molar-refractivity contribution >= 4 is 6.29 Å². The number of aryl methyl sites for hydroxylation is 1. The molecule has 3 atom stereocenters. The van der Waals surface area contributed by atoms with Gasteiger partial charge in [-0.3, -0.25) is 0 Å². The zero-order valence-corrected chi connectivity index (χ0v) is 15.0. The maximum atomic E-state index is 11.8. The second-order valence-electron chi connectivity index (χ2n) is 7.14. The van der Waals surface area contributed by atoms with Crippen LogP contribution in [0.2, 0.25) is 0 Å². The largest absolute Gasteiger partial charge is 0.496 e. The number of hydrogen-bond donors (Lipinski definition) is 0. The summed E-state index contributed by atoms with van der Waals surface area (Å²) in [6.07, 6.45) is 9.02. The van der Waals surface area contributed by atoms with E-state index >= 15 is 0 Å². The molecular weight excluding hydrogens is 300 g/mol. The summed E-state index contributed by atoms with van der Waals surface area (Å²) in [5, 5.41) is 0. The molecule has 130 valence electrons. The molecule has 0 radical (unpaired) electrons. The fourth-order valence-corrected chi connectivity index (χ4v) is 4.07. The highest BCUT2D eigenvalue weighted by Crippen LogP contribution is 2.50. The highest BCUT2D eigenvalue weighted by atomic mass is 16.5. The van der Waals surface area contributed by atoms with Crippen molar-refractivity contribution in [2.75, 3.05) is 13.7 Å². The quantitative estimate of drug-likeness (QED) is 0.432. The first-order valence-electron chi connectivity index (χ1n) is 9.17. The van der Waals surface area contributed by atoms with Crippen LogP contribution in [0.15, 0.2) is 23.8 Å². The van der Waals surface area contributed by atoms with E-state index in [9.17, 15) is 4.79 Å². The summed E-state index contributed by atoms with van der Waals surface area (Å²) >= 11 is 0. The van der Waals surface area contributed by atoms with Crippen molar-refractivity contribution in [2.24, 2.45) is 11.8 Å². The van der Waals surface area contributed by atoms with E-state index in [1.165, 1.54) is 30.4 Å². The van der Waals surface area contributed by atoms with Crippen molar-refractivity contribution in [3.63, 3.8) is 0 Å². The van der Waals surface area contributed by atoms with Crippen LogP contribution in [0.5, 0.6) is 11.5 Å². The van der Waals surface area contributed by atoms with Crippen LogP contribution >= 0.6 is 0 Å². The molecule has 0 saturated carbocycles. The molecule has 1 heterocycles. The van der Waals surface area contributed by atoms with Crippen molar-refractivity contribution in [3.05, 3.63) is 34.9 Å². The molecule has 0 fully saturated rings. The number of hydrogen-bond acceptors (Lipinski definition) is 3. The summed E-state index contributed by atoms with van der Waals surface area (Å²) < 4.78 is 11.8. The third-order valence-corrected chi connectivity index (χ3v) is 5.51. The number of benzene rings is 1. The first kappa shape index (κ1) is 17.1. The Hall–Kier alpha value is -1.77. The fraction of sp³-hybridized carbons (Fsp3) is 0.571. The van der Waals surface area contributed by atoms with Crippen molar-refractivity contribution in [2.45, 2.75) is 51.9 Å². The Morgan fingerprint density at radius 1 is 1.33 bits per heavy atom. The zero-order valence-electron chi connectivity index (χ0n) is 15.0. The summed E-state index contributed by atoms with van der Waals surface area (Å²) in [6.45, 7) is 4.97. The fourth-order valence-electron chi connectivity index (χ4n) is 4.07. The predicted octanol–water partition coefficient (Wildman–Crippen LogP) is 4.69. The first-order chi connectivity index (χ1) is 11.7. The van der Waals surface area contributed by atoms with E-state index in [0.717, 1.165) is 36.2 Å². The maximum absolute atomic E-state index is 11.8. The van der Waals surface area contributed by atoms with Gasteiger partial charge in [-0.15, -0.1) is 0 Å². The van der Waals surface area contributed by atoms with Gasteiger partial charge in [-0.25, -0.2) is 0 Å². The molecule has 0 bridgehead atoms. The number of methoxy groups -OCH3 is 1. The number of unbranched alkanes of at least 4 members (excludes halogenated alkanes) is 2. The monoisotopic (exact) mass is 328 g/mol. The number of carbonyl (C=O) groups excluding carboxylic acids is 1. The molecule has 1 aliphatic heterocycles. The highest BCUT2D eigenvalue weighted by Gasteiger charge is 2.39. The van der Waals surface area contributed by atoms with E-state index in [1.807, 2.05) is 0 Å². The van der Waals surface area contributed by atoms with Crippen molar-refractivity contribution < 1.29 is 14.3 Å². The van der Waals surface area contributed by atoms with Gasteiger partial charge in [0.25, 0.3) is 0 Å². The summed E-state index contributed by atoms with van der Waals surface area (Å²) in [7, 11) is 1.71. The van der Waals surface area contributed by atoms with Gasteiger partial charge in [0.05, 0.1) is 7.11 Å². The lowest BCUT2D eigenvalue weighted by molar-refractivity contribution is -0.113. The minimum absolute atomic E-state index is 0.00694. The van der Waals surface area contributed by atoms with Crippen molar-refractivity contribution in [1.29, 1.82) is 0 Å². The second kappa shape index (κ2) is 7.42. The normalized spacial score (nSPS) is 25.1. The van der Waals surface area contributed by atoms with E-state index in [0.29, 0.717) is 12.5 Å². The minimum Gasteiger partial charge on any atom is -0.496 e. The van der Waals surface area contributed by atoms with Gasteiger partial charge in [-0.2, -0.15) is 0 Å². The summed E-state index contributed by atoms with van der Waals surface area (Å²) in [6, 6.07) is 4.30. The summed E-state index contributed by atoms with van der Waals surface area (Å²) in [4.78, 5) is 11.8. The van der Waals surface area contributed by atoms with Crippen LogP contribution in [0, 0.1) is 11.8 Å². The van der Waals surface area contributed by atoms with Gasteiger partial charge in [0.1, 0.15) is 24.4 Å². The molecule has 1 unspecified atom stereocenters. The molecule has 3 nitrogen and oxygen atoms in total. The van der Waals surface area contributed by atoms with Crippen LogP contribution < -0.4 is 9.47 Å². The molecule has 0 aromatic heterocycles. The van der Waals surface area contributed by atoms with E-state index < -0.39 is 0 Å². The minimum atomic E-state index is 0.00694. The van der Waals surface area contributed by atoms with Crippen LogP contribution in [0.25, 0.3) is 0 Å². The van der Waals surface area contributed by atoms with Crippen LogP contribution in [0.1, 0.15) is 56.6 Å². The SMILES string of the molecule is CCCCCc1cc(OC)c2c(c1)OCC1=CC[C@@H](C)[C@H](C=O)C12. The molecule has 0 spiro atoms. The molecule has 1 aliphatic carbocycles. The van der Waals surface area contributed by atoms with Crippen LogP contribution in [-0.2, 0) is 11.2 Å². The van der Waals surface area contributed by atoms with Gasteiger partial charge in [-0.1, -0.05) is 32.8 Å². The Kier molecular flexibility index (Phi) is 5.27. The number of allylic oxidation sites excluding steroid dienone is 1. The van der Waals surface area contributed by atoms with E-state index in [2.05, 4.69) is 32.1 Å². The van der Waals surface area contributed by atoms with Gasteiger partial charge >= 0.3 is 0 Å². The van der Waals surface area contributed by atoms with Gasteiger partial charge in [0.15, 0.2) is 0 Å². The zero-order chi connectivity index (χ0) is 17.1.